The monoisotopic (exact) mass is 271 g/mol. The minimum Gasteiger partial charge on any atom is -0.313 e. The van der Waals surface area contributed by atoms with Crippen molar-refractivity contribution < 1.29 is 4.39 Å². The maximum absolute atomic E-state index is 13.2. The van der Waals surface area contributed by atoms with Gasteiger partial charge in [-0.05, 0) is 48.6 Å². The van der Waals surface area contributed by atoms with Gasteiger partial charge in [0.1, 0.15) is 5.82 Å². The number of nitrogens with one attached hydrogen (secondary N) is 1. The van der Waals surface area contributed by atoms with E-state index in [4.69, 9.17) is 0 Å². The highest BCUT2D eigenvalue weighted by atomic mass is 19.1. The summed E-state index contributed by atoms with van der Waals surface area (Å²) in [6.07, 6.45) is 1.10. The lowest BCUT2D eigenvalue weighted by atomic mass is 9.98. The molecule has 0 aliphatic rings. The molecule has 0 amide bonds. The molecular weight excluding hydrogens is 249 g/mol. The Morgan fingerprint density at radius 1 is 1.10 bits per heavy atom. The Bertz CT molecular complexity index is 536. The average molecular weight is 271 g/mol. The maximum atomic E-state index is 13.2. The second-order valence-corrected chi connectivity index (χ2v) is 5.36. The summed E-state index contributed by atoms with van der Waals surface area (Å²) >= 11 is 0. The van der Waals surface area contributed by atoms with Crippen LogP contribution >= 0.6 is 0 Å². The van der Waals surface area contributed by atoms with Crippen LogP contribution in [0, 0.1) is 12.7 Å². The second kappa shape index (κ2) is 7.20. The molecule has 20 heavy (non-hydrogen) atoms. The van der Waals surface area contributed by atoms with Crippen LogP contribution in [0.3, 0.4) is 0 Å². The first-order chi connectivity index (χ1) is 9.66. The molecule has 2 aromatic carbocycles. The largest absolute Gasteiger partial charge is 0.313 e. The van der Waals surface area contributed by atoms with Crippen molar-refractivity contribution in [2.75, 3.05) is 6.54 Å². The fraction of sp³-hybridized carbons (Fsp3) is 0.333. The SMILES string of the molecule is Cc1cc(CNCCC(C)c2ccccc2)ccc1F. The van der Waals surface area contributed by atoms with Crippen molar-refractivity contribution in [2.45, 2.75) is 32.7 Å². The molecule has 1 N–H and O–H groups in total. The molecule has 2 rings (SSSR count). The van der Waals surface area contributed by atoms with E-state index in [1.807, 2.05) is 18.2 Å². The topological polar surface area (TPSA) is 12.0 Å². The van der Waals surface area contributed by atoms with Gasteiger partial charge in [0, 0.05) is 6.54 Å². The van der Waals surface area contributed by atoms with Crippen LogP contribution in [-0.4, -0.2) is 6.54 Å². The molecule has 2 heteroatoms. The lowest BCUT2D eigenvalue weighted by molar-refractivity contribution is 0.591. The molecule has 0 fully saturated rings. The Balaban J connectivity index is 1.75. The molecule has 0 spiro atoms. The normalized spacial score (nSPS) is 12.3. The van der Waals surface area contributed by atoms with E-state index in [1.165, 1.54) is 5.56 Å². The Kier molecular flexibility index (Phi) is 5.31. The summed E-state index contributed by atoms with van der Waals surface area (Å²) in [6, 6.07) is 15.9. The Morgan fingerprint density at radius 3 is 2.55 bits per heavy atom. The minimum absolute atomic E-state index is 0.133. The van der Waals surface area contributed by atoms with Gasteiger partial charge in [-0.2, -0.15) is 0 Å². The van der Waals surface area contributed by atoms with Crippen molar-refractivity contribution >= 4 is 0 Å². The number of aryl methyl sites for hydroxylation is 1. The van der Waals surface area contributed by atoms with Crippen LogP contribution in [0.4, 0.5) is 4.39 Å². The number of hydrogen-bond donors (Lipinski definition) is 1. The van der Waals surface area contributed by atoms with E-state index in [2.05, 4.69) is 36.5 Å². The van der Waals surface area contributed by atoms with E-state index < -0.39 is 0 Å². The van der Waals surface area contributed by atoms with Crippen LogP contribution in [0.1, 0.15) is 36.0 Å². The van der Waals surface area contributed by atoms with E-state index in [0.717, 1.165) is 25.1 Å². The summed E-state index contributed by atoms with van der Waals surface area (Å²) in [4.78, 5) is 0. The molecule has 106 valence electrons. The molecular formula is C18H22FN. The quantitative estimate of drug-likeness (QED) is 0.767. The summed E-state index contributed by atoms with van der Waals surface area (Å²) in [5.74, 6) is 0.421. The van der Waals surface area contributed by atoms with Crippen LogP contribution in [0.15, 0.2) is 48.5 Å². The second-order valence-electron chi connectivity index (χ2n) is 5.36. The van der Waals surface area contributed by atoms with Crippen LogP contribution in [-0.2, 0) is 6.54 Å². The van der Waals surface area contributed by atoms with Crippen molar-refractivity contribution in [3.63, 3.8) is 0 Å². The molecule has 0 bridgehead atoms. The van der Waals surface area contributed by atoms with Crippen molar-refractivity contribution in [3.05, 3.63) is 71.0 Å². The molecule has 0 aromatic heterocycles. The zero-order chi connectivity index (χ0) is 14.4. The van der Waals surface area contributed by atoms with Crippen LogP contribution < -0.4 is 5.32 Å². The Labute approximate surface area is 120 Å². The van der Waals surface area contributed by atoms with Crippen molar-refractivity contribution in [1.29, 1.82) is 0 Å². The lowest BCUT2D eigenvalue weighted by Crippen LogP contribution is -2.16. The zero-order valence-corrected chi connectivity index (χ0v) is 12.2. The molecule has 0 aliphatic carbocycles. The van der Waals surface area contributed by atoms with Gasteiger partial charge in [0.05, 0.1) is 0 Å². The van der Waals surface area contributed by atoms with E-state index in [1.54, 1.807) is 13.0 Å². The zero-order valence-electron chi connectivity index (χ0n) is 12.2. The fourth-order valence-corrected chi connectivity index (χ4v) is 2.32. The summed E-state index contributed by atoms with van der Waals surface area (Å²) in [5, 5.41) is 3.43. The molecule has 1 nitrogen and oxygen atoms in total. The molecule has 0 heterocycles. The van der Waals surface area contributed by atoms with E-state index in [-0.39, 0.29) is 5.82 Å². The Hall–Kier alpha value is -1.67. The highest BCUT2D eigenvalue weighted by molar-refractivity contribution is 5.23. The highest BCUT2D eigenvalue weighted by Crippen LogP contribution is 2.17. The Morgan fingerprint density at radius 2 is 1.85 bits per heavy atom. The fourth-order valence-electron chi connectivity index (χ4n) is 2.32. The molecule has 1 unspecified atom stereocenters. The van der Waals surface area contributed by atoms with E-state index >= 15 is 0 Å². The molecule has 1 atom stereocenters. The molecule has 0 saturated carbocycles. The van der Waals surface area contributed by atoms with Gasteiger partial charge in [-0.3, -0.25) is 0 Å². The summed E-state index contributed by atoms with van der Waals surface area (Å²) < 4.78 is 13.2. The van der Waals surface area contributed by atoms with Gasteiger partial charge in [-0.25, -0.2) is 4.39 Å². The van der Waals surface area contributed by atoms with Crippen LogP contribution in [0.5, 0.6) is 0 Å². The first kappa shape index (κ1) is 14.7. The van der Waals surface area contributed by atoms with Crippen molar-refractivity contribution in [1.82, 2.24) is 5.32 Å². The van der Waals surface area contributed by atoms with Gasteiger partial charge in [0.2, 0.25) is 0 Å². The highest BCUT2D eigenvalue weighted by Gasteiger charge is 2.04. The molecule has 0 saturated heterocycles. The van der Waals surface area contributed by atoms with Gasteiger partial charge in [0.15, 0.2) is 0 Å². The van der Waals surface area contributed by atoms with Crippen LogP contribution in [0.2, 0.25) is 0 Å². The van der Waals surface area contributed by atoms with E-state index in [9.17, 15) is 4.39 Å². The first-order valence-electron chi connectivity index (χ1n) is 7.17. The van der Waals surface area contributed by atoms with E-state index in [0.29, 0.717) is 11.5 Å². The lowest BCUT2D eigenvalue weighted by Gasteiger charge is -2.12. The smallest absolute Gasteiger partial charge is 0.126 e. The average Bonchev–Trinajstić information content (AvgIpc) is 2.48. The third-order valence-corrected chi connectivity index (χ3v) is 3.67. The minimum atomic E-state index is -0.133. The number of hydrogen-bond acceptors (Lipinski definition) is 1. The third kappa shape index (κ3) is 4.17. The van der Waals surface area contributed by atoms with Gasteiger partial charge in [-0.1, -0.05) is 49.4 Å². The number of halogens is 1. The molecule has 0 aliphatic heterocycles. The number of benzene rings is 2. The van der Waals surface area contributed by atoms with Crippen molar-refractivity contribution in [2.24, 2.45) is 0 Å². The summed E-state index contributed by atoms with van der Waals surface area (Å²) in [5.41, 5.74) is 3.23. The van der Waals surface area contributed by atoms with Crippen LogP contribution in [0.25, 0.3) is 0 Å². The van der Waals surface area contributed by atoms with Gasteiger partial charge >= 0.3 is 0 Å². The standard InChI is InChI=1S/C18H22FN/c1-14(17-6-4-3-5-7-17)10-11-20-13-16-8-9-18(19)15(2)12-16/h3-9,12,14,20H,10-11,13H2,1-2H3. The molecule has 0 radical (unpaired) electrons. The molecule has 2 aromatic rings. The van der Waals surface area contributed by atoms with Crippen molar-refractivity contribution in [3.8, 4) is 0 Å². The predicted octanol–water partition coefficient (Wildman–Crippen LogP) is 4.42. The summed E-state index contributed by atoms with van der Waals surface area (Å²) in [7, 11) is 0. The predicted molar refractivity (Wildman–Crippen MR) is 82.3 cm³/mol. The van der Waals surface area contributed by atoms with Gasteiger partial charge in [0.25, 0.3) is 0 Å². The summed E-state index contributed by atoms with van der Waals surface area (Å²) in [6.45, 7) is 5.81. The van der Waals surface area contributed by atoms with Gasteiger partial charge in [-0.15, -0.1) is 0 Å². The first-order valence-corrected chi connectivity index (χ1v) is 7.17. The third-order valence-electron chi connectivity index (χ3n) is 3.67. The number of rotatable bonds is 6. The maximum Gasteiger partial charge on any atom is 0.126 e. The van der Waals surface area contributed by atoms with Gasteiger partial charge < -0.3 is 5.32 Å².